The van der Waals surface area contributed by atoms with Crippen LogP contribution in [0.4, 0.5) is 0 Å². The molecule has 0 aliphatic rings. The van der Waals surface area contributed by atoms with E-state index in [4.69, 9.17) is 4.74 Å². The Balaban J connectivity index is 2.31. The third-order valence-electron chi connectivity index (χ3n) is 4.71. The minimum absolute atomic E-state index is 0.0555. The fourth-order valence-electron chi connectivity index (χ4n) is 3.56. The van der Waals surface area contributed by atoms with Gasteiger partial charge in [-0.2, -0.15) is 4.57 Å². The number of aryl methyl sites for hydroxylation is 1. The maximum atomic E-state index is 9.98. The van der Waals surface area contributed by atoms with E-state index in [2.05, 4.69) is 63.2 Å². The van der Waals surface area contributed by atoms with Crippen molar-refractivity contribution in [2.75, 3.05) is 7.11 Å². The quantitative estimate of drug-likeness (QED) is 0.669. The number of nitrogens with zero attached hydrogens (tertiary/aromatic N) is 1. The molecule has 0 unspecified atom stereocenters. The monoisotopic (exact) mass is 350 g/mol. The molecule has 1 heterocycles. The van der Waals surface area contributed by atoms with Crippen LogP contribution >= 0.6 is 0 Å². The summed E-state index contributed by atoms with van der Waals surface area (Å²) in [5, 5.41) is 12.3. The lowest BCUT2D eigenvalue weighted by atomic mass is 9.94. The Bertz CT molecular complexity index is 915. The van der Waals surface area contributed by atoms with Gasteiger partial charge in [0.05, 0.1) is 17.6 Å². The Morgan fingerprint density at radius 2 is 1.88 bits per heavy atom. The zero-order valence-electron chi connectivity index (χ0n) is 16.1. The molecule has 26 heavy (non-hydrogen) atoms. The van der Waals surface area contributed by atoms with Crippen LogP contribution in [0.3, 0.4) is 0 Å². The van der Waals surface area contributed by atoms with Gasteiger partial charge in [0.15, 0.2) is 6.20 Å². The molecule has 0 bridgehead atoms. The van der Waals surface area contributed by atoms with E-state index in [9.17, 15) is 5.11 Å². The SMILES string of the molecule is COCc1ccc(C)cc1-c1c2cc(CC(C)C)ccc2cc[n+]1CO. The molecule has 3 aromatic rings. The largest absolute Gasteiger partial charge is 0.380 e. The molecule has 2 aromatic carbocycles. The number of aliphatic hydroxyl groups is 1. The summed E-state index contributed by atoms with van der Waals surface area (Å²) in [6, 6.07) is 15.1. The lowest BCUT2D eigenvalue weighted by Gasteiger charge is -2.13. The van der Waals surface area contributed by atoms with Crippen LogP contribution in [-0.4, -0.2) is 12.2 Å². The van der Waals surface area contributed by atoms with E-state index in [1.165, 1.54) is 21.9 Å². The second-order valence-electron chi connectivity index (χ2n) is 7.39. The Morgan fingerprint density at radius 3 is 2.58 bits per heavy atom. The number of aromatic nitrogens is 1. The molecule has 0 radical (unpaired) electrons. The second kappa shape index (κ2) is 7.98. The van der Waals surface area contributed by atoms with Crippen LogP contribution in [-0.2, 0) is 24.5 Å². The third kappa shape index (κ3) is 3.79. The lowest BCUT2D eigenvalue weighted by molar-refractivity contribution is -0.718. The van der Waals surface area contributed by atoms with Crippen molar-refractivity contribution >= 4 is 10.8 Å². The van der Waals surface area contributed by atoms with Crippen molar-refractivity contribution in [3.63, 3.8) is 0 Å². The van der Waals surface area contributed by atoms with Gasteiger partial charge < -0.3 is 9.84 Å². The van der Waals surface area contributed by atoms with Gasteiger partial charge in [-0.3, -0.25) is 0 Å². The molecule has 3 nitrogen and oxygen atoms in total. The number of benzene rings is 2. The molecule has 0 aliphatic heterocycles. The van der Waals surface area contributed by atoms with Crippen molar-refractivity contribution in [3.05, 3.63) is 65.4 Å². The summed E-state index contributed by atoms with van der Waals surface area (Å²) >= 11 is 0. The fraction of sp³-hybridized carbons (Fsp3) is 0.348. The molecule has 136 valence electrons. The minimum Gasteiger partial charge on any atom is -0.380 e. The number of fused-ring (bicyclic) bond motifs is 1. The number of aliphatic hydroxyl groups excluding tert-OH is 1. The lowest BCUT2D eigenvalue weighted by Crippen LogP contribution is -2.36. The second-order valence-corrected chi connectivity index (χ2v) is 7.39. The average Bonchev–Trinajstić information content (AvgIpc) is 2.62. The van der Waals surface area contributed by atoms with E-state index in [0.29, 0.717) is 12.5 Å². The highest BCUT2D eigenvalue weighted by molar-refractivity contribution is 5.94. The van der Waals surface area contributed by atoms with E-state index in [1.807, 2.05) is 10.8 Å². The van der Waals surface area contributed by atoms with Crippen LogP contribution in [0.5, 0.6) is 0 Å². The van der Waals surface area contributed by atoms with Gasteiger partial charge in [-0.25, -0.2) is 0 Å². The van der Waals surface area contributed by atoms with E-state index in [-0.39, 0.29) is 6.73 Å². The molecule has 0 spiro atoms. The molecular weight excluding hydrogens is 322 g/mol. The molecular formula is C23H28NO2+. The number of pyridine rings is 1. The molecule has 0 saturated carbocycles. The number of methoxy groups -OCH3 is 1. The highest BCUT2D eigenvalue weighted by Gasteiger charge is 2.20. The fourth-order valence-corrected chi connectivity index (χ4v) is 3.56. The van der Waals surface area contributed by atoms with Gasteiger partial charge in [0.2, 0.25) is 5.69 Å². The van der Waals surface area contributed by atoms with Crippen molar-refractivity contribution in [2.24, 2.45) is 5.92 Å². The maximum absolute atomic E-state index is 9.98. The Hall–Kier alpha value is -2.23. The molecule has 1 aromatic heterocycles. The first kappa shape index (κ1) is 18.6. The van der Waals surface area contributed by atoms with E-state index in [1.54, 1.807) is 7.11 Å². The molecule has 3 rings (SSSR count). The summed E-state index contributed by atoms with van der Waals surface area (Å²) in [5.41, 5.74) is 5.81. The van der Waals surface area contributed by atoms with Crippen molar-refractivity contribution in [2.45, 2.75) is 40.5 Å². The molecule has 0 amide bonds. The van der Waals surface area contributed by atoms with Crippen LogP contribution in [0, 0.1) is 12.8 Å². The molecule has 1 N–H and O–H groups in total. The standard InChI is InChI=1S/C23H28NO2/c1-16(2)11-18-6-8-19-9-10-24(15-25)23(22(19)13-18)21-12-17(3)5-7-20(21)14-26-4/h5-10,12-13,16,25H,11,14-15H2,1-4H3/q+1. The first-order valence-corrected chi connectivity index (χ1v) is 9.18. The van der Waals surface area contributed by atoms with E-state index in [0.717, 1.165) is 23.2 Å². The summed E-state index contributed by atoms with van der Waals surface area (Å²) in [7, 11) is 1.72. The first-order chi connectivity index (χ1) is 12.5. The third-order valence-corrected chi connectivity index (χ3v) is 4.71. The molecule has 3 heteroatoms. The number of hydrogen-bond donors (Lipinski definition) is 1. The van der Waals surface area contributed by atoms with Gasteiger partial charge in [-0.15, -0.1) is 0 Å². The van der Waals surface area contributed by atoms with Crippen LogP contribution < -0.4 is 4.57 Å². The van der Waals surface area contributed by atoms with E-state index < -0.39 is 0 Å². The normalized spacial score (nSPS) is 11.5. The number of rotatable bonds is 6. The molecule has 0 aliphatic carbocycles. The van der Waals surface area contributed by atoms with E-state index >= 15 is 0 Å². The maximum Gasteiger partial charge on any atom is 0.250 e. The van der Waals surface area contributed by atoms with Crippen molar-refractivity contribution < 1.29 is 14.4 Å². The van der Waals surface area contributed by atoms with Gasteiger partial charge in [0.1, 0.15) is 0 Å². The van der Waals surface area contributed by atoms with Crippen LogP contribution in [0.15, 0.2) is 48.7 Å². The topological polar surface area (TPSA) is 33.3 Å². The van der Waals surface area contributed by atoms with Crippen molar-refractivity contribution in [1.29, 1.82) is 0 Å². The zero-order chi connectivity index (χ0) is 18.7. The Labute approximate surface area is 155 Å². The first-order valence-electron chi connectivity index (χ1n) is 9.18. The summed E-state index contributed by atoms with van der Waals surface area (Å²) in [4.78, 5) is 0. The summed E-state index contributed by atoms with van der Waals surface area (Å²) in [6.07, 6.45) is 3.00. The summed E-state index contributed by atoms with van der Waals surface area (Å²) < 4.78 is 7.33. The van der Waals surface area contributed by atoms with Crippen molar-refractivity contribution in [3.8, 4) is 11.3 Å². The predicted molar refractivity (Wildman–Crippen MR) is 106 cm³/mol. The number of hydrogen-bond acceptors (Lipinski definition) is 2. The van der Waals surface area contributed by atoms with Gasteiger partial charge in [-0.05, 0) is 47.9 Å². The average molecular weight is 350 g/mol. The summed E-state index contributed by atoms with van der Waals surface area (Å²) in [5.74, 6) is 0.604. The molecule has 0 fully saturated rings. The van der Waals surface area contributed by atoms with Gasteiger partial charge >= 0.3 is 0 Å². The van der Waals surface area contributed by atoms with Gasteiger partial charge in [-0.1, -0.05) is 43.7 Å². The highest BCUT2D eigenvalue weighted by atomic mass is 16.5. The van der Waals surface area contributed by atoms with Crippen LogP contribution in [0.25, 0.3) is 22.0 Å². The summed E-state index contributed by atoms with van der Waals surface area (Å²) in [6.45, 7) is 7.06. The zero-order valence-corrected chi connectivity index (χ0v) is 16.1. The Morgan fingerprint density at radius 1 is 1.08 bits per heavy atom. The predicted octanol–water partition coefficient (Wildman–Crippen LogP) is 4.40. The number of ether oxygens (including phenoxy) is 1. The molecule has 0 atom stereocenters. The minimum atomic E-state index is -0.0555. The van der Waals surface area contributed by atoms with Gasteiger partial charge in [0, 0.05) is 13.2 Å². The van der Waals surface area contributed by atoms with Gasteiger partial charge in [0.25, 0.3) is 6.73 Å². The van der Waals surface area contributed by atoms with Crippen molar-refractivity contribution in [1.82, 2.24) is 0 Å². The Kier molecular flexibility index (Phi) is 5.70. The smallest absolute Gasteiger partial charge is 0.250 e. The van der Waals surface area contributed by atoms with Crippen LogP contribution in [0.2, 0.25) is 0 Å². The van der Waals surface area contributed by atoms with Crippen LogP contribution in [0.1, 0.15) is 30.5 Å². The highest BCUT2D eigenvalue weighted by Crippen LogP contribution is 2.30. The molecule has 0 saturated heterocycles.